The van der Waals surface area contributed by atoms with Crippen LogP contribution in [0.3, 0.4) is 0 Å². The number of benzene rings is 3. The first-order valence-corrected chi connectivity index (χ1v) is 24.7. The summed E-state index contributed by atoms with van der Waals surface area (Å²) in [5.41, 5.74) is 8.37. The van der Waals surface area contributed by atoms with Gasteiger partial charge in [0.1, 0.15) is 11.3 Å². The Bertz CT molecular complexity index is 3020. The van der Waals surface area contributed by atoms with Crippen LogP contribution < -0.4 is 19.7 Å². The van der Waals surface area contributed by atoms with Gasteiger partial charge in [-0.3, -0.25) is 24.4 Å². The van der Waals surface area contributed by atoms with Crippen molar-refractivity contribution < 1.29 is 32.3 Å². The van der Waals surface area contributed by atoms with Crippen molar-refractivity contribution in [3.8, 4) is 11.6 Å². The highest BCUT2D eigenvalue weighted by Gasteiger charge is 2.32. The molecular formula is C49H53ClN8O8S. The van der Waals surface area contributed by atoms with Crippen LogP contribution in [0.4, 0.5) is 17.1 Å². The number of aromatic nitrogens is 3. The molecule has 4 aliphatic rings. The van der Waals surface area contributed by atoms with Crippen LogP contribution in [0.5, 0.6) is 5.88 Å². The molecule has 0 unspecified atom stereocenters. The number of anilines is 2. The maximum absolute atomic E-state index is 14.5. The molecule has 1 atom stereocenters. The molecule has 6 aromatic rings. The lowest BCUT2D eigenvalue weighted by Crippen LogP contribution is -2.47. The minimum atomic E-state index is -4.62. The number of nitrogens with zero attached hydrogens (tertiary/aromatic N) is 5. The van der Waals surface area contributed by atoms with Gasteiger partial charge >= 0.3 is 0 Å². The second-order valence-electron chi connectivity index (χ2n) is 18.6. The molecule has 3 aromatic heterocycles. The van der Waals surface area contributed by atoms with E-state index >= 15 is 0 Å². The monoisotopic (exact) mass is 948 g/mol. The van der Waals surface area contributed by atoms with Crippen LogP contribution in [0.25, 0.3) is 33.3 Å². The summed E-state index contributed by atoms with van der Waals surface area (Å²) in [7, 11) is -4.62. The quantitative estimate of drug-likeness (QED) is 0.0792. The molecule has 16 nitrogen and oxygen atoms in total. The highest BCUT2D eigenvalue weighted by Crippen LogP contribution is 2.44. The molecule has 0 spiro atoms. The Morgan fingerprint density at radius 2 is 1.82 bits per heavy atom. The molecule has 0 saturated carbocycles. The zero-order chi connectivity index (χ0) is 46.5. The number of pyridine rings is 1. The van der Waals surface area contributed by atoms with Crippen LogP contribution in [-0.2, 0) is 25.9 Å². The van der Waals surface area contributed by atoms with Crippen LogP contribution >= 0.6 is 11.6 Å². The number of nitrogens with one attached hydrogen (secondary N) is 3. The van der Waals surface area contributed by atoms with E-state index < -0.39 is 31.4 Å². The molecule has 2 saturated heterocycles. The standard InChI is InChI=1S/C49H53ClN8O8S/c1-49(2)15-13-33(40(27-49)31-5-7-34(50)8-6-31)29-55-17-19-56(20-18-55)35-9-11-38(42(25-35)57-44-24-32-14-16-51-46(32)53-45(44)39-4-3-21-66-48(39)57)47(59)54-67(62,63)37-10-12-41(43(26-37)58(60)61)52-28-36-30-64-22-23-65-36/h5-12,14,16,24-26,36,52H,3-4,13,15,17-23,27-30H2,1-2H3,(H,51,53)(H,54,59)/t36-/m0/s1. The minimum absolute atomic E-state index is 0.0679. The maximum atomic E-state index is 14.5. The van der Waals surface area contributed by atoms with Gasteiger partial charge in [0.25, 0.3) is 21.6 Å². The number of aryl methyl sites for hydroxylation is 1. The number of hydrogen-bond acceptors (Lipinski definition) is 12. The number of rotatable bonds is 12. The molecular weight excluding hydrogens is 896 g/mol. The number of nitro benzene ring substituents is 1. The summed E-state index contributed by atoms with van der Waals surface area (Å²) >= 11 is 6.28. The molecule has 6 heterocycles. The number of amides is 1. The van der Waals surface area contributed by atoms with Crippen molar-refractivity contribution in [3.63, 3.8) is 0 Å². The van der Waals surface area contributed by atoms with E-state index in [1.807, 2.05) is 47.2 Å². The van der Waals surface area contributed by atoms with Gasteiger partial charge in [0.15, 0.2) is 0 Å². The van der Waals surface area contributed by atoms with Gasteiger partial charge in [-0.25, -0.2) is 18.1 Å². The summed E-state index contributed by atoms with van der Waals surface area (Å²) in [5.74, 6) is -0.363. The smallest absolute Gasteiger partial charge is 0.293 e. The number of halogens is 1. The lowest BCUT2D eigenvalue weighted by Gasteiger charge is -2.39. The maximum Gasteiger partial charge on any atom is 0.293 e. The Hall–Kier alpha value is -5.98. The highest BCUT2D eigenvalue weighted by molar-refractivity contribution is 7.90. The topological polar surface area (TPSA) is 186 Å². The number of allylic oxidation sites excluding steroid dienone is 1. The number of nitro groups is 1. The van der Waals surface area contributed by atoms with Crippen molar-refractivity contribution in [3.05, 3.63) is 116 Å². The molecule has 10 rings (SSSR count). The van der Waals surface area contributed by atoms with Gasteiger partial charge in [0.05, 0.1) is 64.6 Å². The molecule has 2 fully saturated rings. The average molecular weight is 950 g/mol. The van der Waals surface area contributed by atoms with E-state index in [0.29, 0.717) is 55.6 Å². The number of hydrogen-bond donors (Lipinski definition) is 3. The van der Waals surface area contributed by atoms with Crippen molar-refractivity contribution in [2.45, 2.75) is 57.0 Å². The number of piperazine rings is 1. The Kier molecular flexibility index (Phi) is 12.2. The first kappa shape index (κ1) is 44.8. The van der Waals surface area contributed by atoms with Crippen LogP contribution in [-0.4, -0.2) is 110 Å². The zero-order valence-corrected chi connectivity index (χ0v) is 39.1. The first-order valence-electron chi connectivity index (χ1n) is 22.8. The molecule has 0 radical (unpaired) electrons. The molecule has 3 aliphatic heterocycles. The fourth-order valence-electron chi connectivity index (χ4n) is 9.83. The van der Waals surface area contributed by atoms with Crippen LogP contribution in [0.2, 0.25) is 5.02 Å². The third kappa shape index (κ3) is 9.22. The third-order valence-electron chi connectivity index (χ3n) is 13.4. The summed E-state index contributed by atoms with van der Waals surface area (Å²) in [6, 6.07) is 21.0. The van der Waals surface area contributed by atoms with E-state index in [9.17, 15) is 23.3 Å². The molecule has 1 aliphatic carbocycles. The zero-order valence-electron chi connectivity index (χ0n) is 37.5. The lowest BCUT2D eigenvalue weighted by atomic mass is 9.72. The molecule has 350 valence electrons. The number of sulfonamides is 1. The molecule has 67 heavy (non-hydrogen) atoms. The molecule has 3 aromatic carbocycles. The molecule has 0 bridgehead atoms. The van der Waals surface area contributed by atoms with Crippen LogP contribution in [0.1, 0.15) is 61.0 Å². The molecule has 1 amide bonds. The van der Waals surface area contributed by atoms with E-state index in [1.54, 1.807) is 6.07 Å². The van der Waals surface area contributed by atoms with Crippen molar-refractivity contribution in [2.24, 2.45) is 5.41 Å². The van der Waals surface area contributed by atoms with Crippen LogP contribution in [0, 0.1) is 15.5 Å². The number of aromatic amines is 1. The number of H-pyrrole nitrogens is 1. The van der Waals surface area contributed by atoms with E-state index in [0.717, 1.165) is 91.6 Å². The Balaban J connectivity index is 0.962. The number of fused-ring (bicyclic) bond motifs is 4. The van der Waals surface area contributed by atoms with E-state index in [4.69, 9.17) is 30.8 Å². The predicted octanol–water partition coefficient (Wildman–Crippen LogP) is 8.13. The van der Waals surface area contributed by atoms with E-state index in [-0.39, 0.29) is 29.3 Å². The fraction of sp³-hybridized carbons (Fsp3) is 0.388. The fourth-order valence-corrected chi connectivity index (χ4v) is 10.9. The second-order valence-corrected chi connectivity index (χ2v) is 20.7. The SMILES string of the molecule is CC1(C)CCC(CN2CCN(c3ccc(C(=O)NS(=O)(=O)c4ccc(NC[C@H]5COCCO5)c([N+](=O)[O-])c4)c(-n4c5c(c6nc7[nH]ccc7cc64)CCCO5)c3)CC2)=C(c2ccc(Cl)cc2)C1. The Morgan fingerprint density at radius 1 is 1.00 bits per heavy atom. The van der Waals surface area contributed by atoms with Gasteiger partial charge in [-0.05, 0) is 103 Å². The summed E-state index contributed by atoms with van der Waals surface area (Å²) in [4.78, 5) is 38.6. The lowest BCUT2D eigenvalue weighted by molar-refractivity contribution is -0.384. The Labute approximate surface area is 393 Å². The summed E-state index contributed by atoms with van der Waals surface area (Å²) in [6.45, 7) is 10.5. The summed E-state index contributed by atoms with van der Waals surface area (Å²) in [6.07, 6.45) is 6.17. The van der Waals surface area contributed by atoms with Gasteiger partial charge in [-0.15, -0.1) is 0 Å². The van der Waals surface area contributed by atoms with Crippen molar-refractivity contribution in [1.82, 2.24) is 24.2 Å². The summed E-state index contributed by atoms with van der Waals surface area (Å²) < 4.78 is 49.6. The largest absolute Gasteiger partial charge is 0.478 e. The molecule has 18 heteroatoms. The first-order chi connectivity index (χ1) is 32.3. The van der Waals surface area contributed by atoms with Gasteiger partial charge < -0.3 is 29.4 Å². The van der Waals surface area contributed by atoms with Crippen molar-refractivity contribution in [2.75, 3.05) is 75.9 Å². The van der Waals surface area contributed by atoms with Gasteiger partial charge in [-0.2, -0.15) is 0 Å². The molecule has 3 N–H and O–H groups in total. The summed E-state index contributed by atoms with van der Waals surface area (Å²) in [5, 5.41) is 16.8. The highest BCUT2D eigenvalue weighted by atomic mass is 35.5. The van der Waals surface area contributed by atoms with Gasteiger partial charge in [-0.1, -0.05) is 43.2 Å². The average Bonchev–Trinajstić information content (AvgIpc) is 3.92. The normalized spacial score (nSPS) is 19.0. The van der Waals surface area contributed by atoms with Crippen molar-refractivity contribution >= 4 is 72.2 Å². The van der Waals surface area contributed by atoms with E-state index in [2.05, 4.69) is 50.8 Å². The number of carbonyl (C=O) groups is 1. The second kappa shape index (κ2) is 18.3. The third-order valence-corrected chi connectivity index (χ3v) is 15.0. The Morgan fingerprint density at radius 3 is 2.60 bits per heavy atom. The number of ether oxygens (including phenoxy) is 3. The van der Waals surface area contributed by atoms with Crippen molar-refractivity contribution in [1.29, 1.82) is 0 Å². The predicted molar refractivity (Wildman–Crippen MR) is 258 cm³/mol. The van der Waals surface area contributed by atoms with Gasteiger partial charge in [0.2, 0.25) is 5.88 Å². The minimum Gasteiger partial charge on any atom is -0.478 e. The number of carbonyl (C=O) groups excluding carboxylic acids is 1. The van der Waals surface area contributed by atoms with Crippen LogP contribution in [0.15, 0.2) is 89.5 Å². The van der Waals surface area contributed by atoms with Gasteiger partial charge in [0, 0.05) is 73.2 Å². The van der Waals surface area contributed by atoms with E-state index in [1.165, 1.54) is 28.8 Å².